The minimum atomic E-state index is -0.596. The smallest absolute Gasteiger partial charge is 0.140 e. The third-order valence-electron chi connectivity index (χ3n) is 4.10. The Morgan fingerprint density at radius 1 is 1.32 bits per heavy atom. The van der Waals surface area contributed by atoms with E-state index in [0.717, 1.165) is 41.5 Å². The van der Waals surface area contributed by atoms with E-state index in [-0.39, 0.29) is 0 Å². The Hall–Kier alpha value is -0.610. The summed E-state index contributed by atoms with van der Waals surface area (Å²) in [6.07, 6.45) is 5.70. The quantitative estimate of drug-likeness (QED) is 0.885. The largest absolute Gasteiger partial charge is 0.388 e. The highest BCUT2D eigenvalue weighted by atomic mass is 79.9. The minimum Gasteiger partial charge on any atom is -0.388 e. The second kappa shape index (κ2) is 5.41. The number of nitrogens with zero attached hydrogens (tertiary/aromatic N) is 1. The molecule has 4 heteroatoms. The van der Waals surface area contributed by atoms with Gasteiger partial charge in [0.1, 0.15) is 5.82 Å². The molecule has 0 unspecified atom stereocenters. The van der Waals surface area contributed by atoms with Gasteiger partial charge in [-0.3, -0.25) is 0 Å². The van der Waals surface area contributed by atoms with Crippen molar-refractivity contribution in [2.45, 2.75) is 52.1 Å². The van der Waals surface area contributed by atoms with E-state index in [1.165, 1.54) is 0 Å². The van der Waals surface area contributed by atoms with Crippen LogP contribution in [0.15, 0.2) is 16.7 Å². The van der Waals surface area contributed by atoms with Crippen LogP contribution in [0.2, 0.25) is 0 Å². The van der Waals surface area contributed by atoms with Gasteiger partial charge in [0.15, 0.2) is 0 Å². The molecule has 106 valence electrons. The lowest BCUT2D eigenvalue weighted by Gasteiger charge is -2.40. The second-order valence-corrected chi connectivity index (χ2v) is 7.44. The van der Waals surface area contributed by atoms with E-state index in [0.29, 0.717) is 12.0 Å². The number of pyridine rings is 1. The number of halogens is 1. The van der Waals surface area contributed by atoms with E-state index < -0.39 is 5.60 Å². The van der Waals surface area contributed by atoms with Gasteiger partial charge >= 0.3 is 0 Å². The van der Waals surface area contributed by atoms with E-state index >= 15 is 0 Å². The topological polar surface area (TPSA) is 45.2 Å². The fraction of sp³-hybridized carbons (Fsp3) is 0.667. The van der Waals surface area contributed by atoms with E-state index in [4.69, 9.17) is 0 Å². The van der Waals surface area contributed by atoms with Gasteiger partial charge in [0.2, 0.25) is 0 Å². The molecule has 0 saturated heterocycles. The molecule has 0 radical (unpaired) electrons. The molecule has 1 aliphatic rings. The van der Waals surface area contributed by atoms with Crippen molar-refractivity contribution in [1.82, 2.24) is 4.98 Å². The molecule has 2 rings (SSSR count). The fourth-order valence-electron chi connectivity index (χ4n) is 2.48. The van der Waals surface area contributed by atoms with Crippen LogP contribution in [-0.4, -0.2) is 22.2 Å². The van der Waals surface area contributed by atoms with Crippen molar-refractivity contribution in [3.63, 3.8) is 0 Å². The first-order valence-electron chi connectivity index (χ1n) is 6.88. The first-order valence-corrected chi connectivity index (χ1v) is 7.67. The zero-order valence-corrected chi connectivity index (χ0v) is 13.5. The Morgan fingerprint density at radius 2 is 1.95 bits per heavy atom. The minimum absolute atomic E-state index is 0.370. The third-order valence-corrected chi connectivity index (χ3v) is 4.70. The molecule has 0 amide bonds. The highest BCUT2D eigenvalue weighted by molar-refractivity contribution is 9.10. The number of nitrogens with one attached hydrogen (secondary N) is 1. The Morgan fingerprint density at radius 3 is 2.53 bits per heavy atom. The summed E-state index contributed by atoms with van der Waals surface area (Å²) in [4.78, 5) is 4.35. The molecule has 1 aromatic rings. The molecule has 1 aromatic heterocycles. The maximum absolute atomic E-state index is 10.6. The van der Waals surface area contributed by atoms with E-state index in [1.54, 1.807) is 0 Å². The lowest BCUT2D eigenvalue weighted by atomic mass is 9.71. The molecular formula is C15H23BrN2O. The van der Waals surface area contributed by atoms with Gasteiger partial charge in [-0.1, -0.05) is 13.8 Å². The predicted molar refractivity (Wildman–Crippen MR) is 82.4 cm³/mol. The average molecular weight is 327 g/mol. The second-order valence-electron chi connectivity index (χ2n) is 6.59. The molecule has 3 nitrogen and oxygen atoms in total. The SMILES string of the molecule is Cc1cnc(NCC2(O)CCC(C)(C)CC2)c(Br)c1. The van der Waals surface area contributed by atoms with Gasteiger partial charge in [-0.05, 0) is 65.6 Å². The maximum atomic E-state index is 10.6. The highest BCUT2D eigenvalue weighted by Gasteiger charge is 2.36. The van der Waals surface area contributed by atoms with Crippen molar-refractivity contribution in [3.8, 4) is 0 Å². The summed E-state index contributed by atoms with van der Waals surface area (Å²) in [6, 6.07) is 2.03. The van der Waals surface area contributed by atoms with Crippen molar-refractivity contribution >= 4 is 21.7 Å². The standard InChI is InChI=1S/C15H23BrN2O/c1-11-8-12(16)13(17-9-11)18-10-15(19)6-4-14(2,3)5-7-15/h8-9,19H,4-7,10H2,1-3H3,(H,17,18). The number of hydrogen-bond donors (Lipinski definition) is 2. The van der Waals surface area contributed by atoms with Crippen LogP contribution < -0.4 is 5.32 Å². The number of anilines is 1. The molecule has 0 spiro atoms. The number of aromatic nitrogens is 1. The van der Waals surface area contributed by atoms with Crippen LogP contribution in [0.4, 0.5) is 5.82 Å². The van der Waals surface area contributed by atoms with Gasteiger partial charge in [0, 0.05) is 12.7 Å². The van der Waals surface area contributed by atoms with Crippen molar-refractivity contribution in [2.24, 2.45) is 5.41 Å². The summed E-state index contributed by atoms with van der Waals surface area (Å²) in [5.74, 6) is 0.809. The predicted octanol–water partition coefficient (Wildman–Crippen LogP) is 3.90. The summed E-state index contributed by atoms with van der Waals surface area (Å²) in [5, 5.41) is 13.9. The maximum Gasteiger partial charge on any atom is 0.140 e. The van der Waals surface area contributed by atoms with Crippen LogP contribution in [-0.2, 0) is 0 Å². The fourth-order valence-corrected chi connectivity index (χ4v) is 3.08. The molecule has 1 fully saturated rings. The molecule has 19 heavy (non-hydrogen) atoms. The summed E-state index contributed by atoms with van der Waals surface area (Å²) in [7, 11) is 0. The third kappa shape index (κ3) is 3.93. The average Bonchev–Trinajstić information content (AvgIpc) is 2.33. The van der Waals surface area contributed by atoms with Crippen LogP contribution >= 0.6 is 15.9 Å². The normalized spacial score (nSPS) is 21.1. The summed E-state index contributed by atoms with van der Waals surface area (Å²) in [6.45, 7) is 7.13. The molecule has 0 atom stereocenters. The number of hydrogen-bond acceptors (Lipinski definition) is 3. The van der Waals surface area contributed by atoms with Crippen LogP contribution in [0.25, 0.3) is 0 Å². The van der Waals surface area contributed by atoms with Crippen molar-refractivity contribution < 1.29 is 5.11 Å². The van der Waals surface area contributed by atoms with Gasteiger partial charge in [-0.15, -0.1) is 0 Å². The molecule has 0 aliphatic heterocycles. The number of aliphatic hydroxyl groups is 1. The summed E-state index contributed by atoms with van der Waals surface area (Å²) < 4.78 is 0.951. The van der Waals surface area contributed by atoms with Gasteiger partial charge in [0.05, 0.1) is 10.1 Å². The van der Waals surface area contributed by atoms with E-state index in [9.17, 15) is 5.11 Å². The van der Waals surface area contributed by atoms with Gasteiger partial charge < -0.3 is 10.4 Å². The number of aryl methyl sites for hydroxylation is 1. The van der Waals surface area contributed by atoms with Gasteiger partial charge in [-0.25, -0.2) is 4.98 Å². The molecular weight excluding hydrogens is 304 g/mol. The first-order chi connectivity index (χ1) is 8.80. The first kappa shape index (κ1) is 14.8. The molecule has 1 saturated carbocycles. The molecule has 2 N–H and O–H groups in total. The molecule has 0 bridgehead atoms. The van der Waals surface area contributed by atoms with E-state index in [2.05, 4.69) is 40.1 Å². The van der Waals surface area contributed by atoms with Crippen molar-refractivity contribution in [1.29, 1.82) is 0 Å². The van der Waals surface area contributed by atoms with E-state index in [1.807, 2.05) is 19.2 Å². The Kier molecular flexibility index (Phi) is 4.21. The summed E-state index contributed by atoms with van der Waals surface area (Å²) >= 11 is 3.50. The zero-order chi connectivity index (χ0) is 14.1. The zero-order valence-electron chi connectivity index (χ0n) is 12.0. The van der Waals surface area contributed by atoms with Crippen LogP contribution in [0.1, 0.15) is 45.1 Å². The van der Waals surface area contributed by atoms with Crippen LogP contribution in [0.5, 0.6) is 0 Å². The molecule has 1 aliphatic carbocycles. The summed E-state index contributed by atoms with van der Waals surface area (Å²) in [5.41, 5.74) is 0.895. The van der Waals surface area contributed by atoms with Crippen LogP contribution in [0.3, 0.4) is 0 Å². The van der Waals surface area contributed by atoms with Crippen molar-refractivity contribution in [2.75, 3.05) is 11.9 Å². The molecule has 1 heterocycles. The lowest BCUT2D eigenvalue weighted by molar-refractivity contribution is -0.0146. The van der Waals surface area contributed by atoms with Crippen LogP contribution in [0, 0.1) is 12.3 Å². The van der Waals surface area contributed by atoms with Crippen molar-refractivity contribution in [3.05, 3.63) is 22.3 Å². The lowest BCUT2D eigenvalue weighted by Crippen LogP contribution is -2.42. The monoisotopic (exact) mass is 326 g/mol. The molecule has 0 aromatic carbocycles. The Bertz CT molecular complexity index is 449. The Labute approximate surface area is 124 Å². The van der Waals surface area contributed by atoms with Gasteiger partial charge in [-0.2, -0.15) is 0 Å². The number of rotatable bonds is 3. The Balaban J connectivity index is 1.95. The van der Waals surface area contributed by atoms with Gasteiger partial charge in [0.25, 0.3) is 0 Å². The highest BCUT2D eigenvalue weighted by Crippen LogP contribution is 2.40.